The first-order chi connectivity index (χ1) is 9.31. The van der Waals surface area contributed by atoms with Crippen LogP contribution in [0.25, 0.3) is 0 Å². The second kappa shape index (κ2) is 6.48. The minimum Gasteiger partial charge on any atom is -0.465 e. The minimum atomic E-state index is -0.396. The molecule has 0 fully saturated rings. The van der Waals surface area contributed by atoms with Gasteiger partial charge in [0.25, 0.3) is 0 Å². The molecule has 2 aromatic rings. The maximum atomic E-state index is 11.5. The molecule has 0 aliphatic carbocycles. The van der Waals surface area contributed by atoms with Crippen LogP contribution in [0.1, 0.15) is 16.8 Å². The van der Waals surface area contributed by atoms with Gasteiger partial charge in [0, 0.05) is 25.5 Å². The van der Waals surface area contributed by atoms with Crippen LogP contribution in [-0.4, -0.2) is 39.6 Å². The van der Waals surface area contributed by atoms with E-state index in [1.807, 2.05) is 0 Å². The summed E-state index contributed by atoms with van der Waals surface area (Å²) in [7, 11) is 1.35. The van der Waals surface area contributed by atoms with Gasteiger partial charge in [0.1, 0.15) is 11.4 Å². The fourth-order valence-electron chi connectivity index (χ4n) is 1.62. The second-order valence-electron chi connectivity index (χ2n) is 3.84. The molecule has 0 amide bonds. The van der Waals surface area contributed by atoms with Crippen LogP contribution in [0.15, 0.2) is 30.7 Å². The van der Waals surface area contributed by atoms with Crippen LogP contribution in [0.2, 0.25) is 0 Å². The maximum absolute atomic E-state index is 11.5. The Hall–Kier alpha value is -2.44. The number of anilines is 1. The number of carbonyl (C=O) groups is 1. The Morgan fingerprint density at radius 2 is 2.37 bits per heavy atom. The Morgan fingerprint density at radius 1 is 1.47 bits per heavy atom. The number of hydrogen-bond acceptors (Lipinski definition) is 6. The molecular formula is C12H15N5O2. The summed E-state index contributed by atoms with van der Waals surface area (Å²) in [6.07, 6.45) is 5.93. The van der Waals surface area contributed by atoms with Crippen molar-refractivity contribution in [2.75, 3.05) is 19.0 Å². The molecule has 0 aromatic carbocycles. The Bertz CT molecular complexity index is 527. The van der Waals surface area contributed by atoms with Gasteiger partial charge in [0.2, 0.25) is 0 Å². The predicted molar refractivity (Wildman–Crippen MR) is 68.7 cm³/mol. The lowest BCUT2D eigenvalue weighted by Gasteiger charge is -2.09. The van der Waals surface area contributed by atoms with Gasteiger partial charge in [-0.1, -0.05) is 5.21 Å². The van der Waals surface area contributed by atoms with Crippen molar-refractivity contribution >= 4 is 11.8 Å². The second-order valence-corrected chi connectivity index (χ2v) is 3.84. The molecule has 7 heteroatoms. The van der Waals surface area contributed by atoms with Gasteiger partial charge in [-0.2, -0.15) is 0 Å². The largest absolute Gasteiger partial charge is 0.465 e. The molecule has 2 rings (SSSR count). The van der Waals surface area contributed by atoms with Crippen LogP contribution >= 0.6 is 0 Å². The molecule has 1 N–H and O–H groups in total. The molecule has 0 spiro atoms. The third-order valence-electron chi connectivity index (χ3n) is 2.54. The van der Waals surface area contributed by atoms with Crippen molar-refractivity contribution < 1.29 is 9.53 Å². The molecule has 2 heterocycles. The zero-order valence-corrected chi connectivity index (χ0v) is 10.6. The van der Waals surface area contributed by atoms with E-state index in [9.17, 15) is 4.79 Å². The molecule has 0 radical (unpaired) electrons. The highest BCUT2D eigenvalue weighted by molar-refractivity contribution is 5.94. The summed E-state index contributed by atoms with van der Waals surface area (Å²) in [4.78, 5) is 15.7. The molecule has 0 unspecified atom stereocenters. The number of aryl methyl sites for hydroxylation is 1. The molecule has 0 saturated heterocycles. The molecule has 0 aliphatic heterocycles. The smallest absolute Gasteiger partial charge is 0.341 e. The highest BCUT2D eigenvalue weighted by atomic mass is 16.5. The number of rotatable bonds is 6. The van der Waals surface area contributed by atoms with Gasteiger partial charge in [-0.3, -0.25) is 4.68 Å². The van der Waals surface area contributed by atoms with Gasteiger partial charge < -0.3 is 10.1 Å². The lowest BCUT2D eigenvalue weighted by molar-refractivity contribution is 0.0601. The first-order valence-electron chi connectivity index (χ1n) is 5.92. The summed E-state index contributed by atoms with van der Waals surface area (Å²) < 4.78 is 6.45. The Labute approximate surface area is 110 Å². The van der Waals surface area contributed by atoms with E-state index in [0.29, 0.717) is 17.9 Å². The molecule has 100 valence electrons. The fourth-order valence-corrected chi connectivity index (χ4v) is 1.62. The summed E-state index contributed by atoms with van der Waals surface area (Å²) >= 11 is 0. The van der Waals surface area contributed by atoms with Gasteiger partial charge in [-0.05, 0) is 18.6 Å². The quantitative estimate of drug-likeness (QED) is 0.616. The van der Waals surface area contributed by atoms with Crippen molar-refractivity contribution in [1.82, 2.24) is 20.0 Å². The van der Waals surface area contributed by atoms with E-state index in [0.717, 1.165) is 13.0 Å². The molecule has 0 saturated carbocycles. The lowest BCUT2D eigenvalue weighted by atomic mass is 10.2. The molecule has 19 heavy (non-hydrogen) atoms. The predicted octanol–water partition coefficient (Wildman–Crippen LogP) is 0.962. The highest BCUT2D eigenvalue weighted by Gasteiger charge is 2.11. The van der Waals surface area contributed by atoms with Crippen molar-refractivity contribution in [2.45, 2.75) is 13.0 Å². The SMILES string of the molecule is COC(=O)c1cccnc1NCCCn1ccnn1. The third kappa shape index (κ3) is 3.51. The van der Waals surface area contributed by atoms with Crippen LogP contribution in [0.4, 0.5) is 5.82 Å². The molecule has 0 bridgehead atoms. The van der Waals surface area contributed by atoms with E-state index in [1.165, 1.54) is 7.11 Å². The number of nitrogens with zero attached hydrogens (tertiary/aromatic N) is 4. The first-order valence-corrected chi connectivity index (χ1v) is 5.92. The molecule has 0 aliphatic rings. The first kappa shape index (κ1) is 13.0. The standard InChI is InChI=1S/C12H15N5O2/c1-19-12(18)10-4-2-5-13-11(10)14-6-3-8-17-9-7-15-16-17/h2,4-5,7,9H,3,6,8H2,1H3,(H,13,14). The average molecular weight is 261 g/mol. The van der Waals surface area contributed by atoms with Crippen molar-refractivity contribution in [3.8, 4) is 0 Å². The highest BCUT2D eigenvalue weighted by Crippen LogP contribution is 2.12. The van der Waals surface area contributed by atoms with E-state index in [4.69, 9.17) is 4.74 Å². The number of aromatic nitrogens is 4. The number of carbonyl (C=O) groups excluding carboxylic acids is 1. The van der Waals surface area contributed by atoms with E-state index in [1.54, 1.807) is 35.4 Å². The van der Waals surface area contributed by atoms with Crippen LogP contribution < -0.4 is 5.32 Å². The average Bonchev–Trinajstić information content (AvgIpc) is 2.96. The Morgan fingerprint density at radius 3 is 3.11 bits per heavy atom. The maximum Gasteiger partial charge on any atom is 0.341 e. The van der Waals surface area contributed by atoms with E-state index >= 15 is 0 Å². The zero-order valence-electron chi connectivity index (χ0n) is 10.6. The molecular weight excluding hydrogens is 246 g/mol. The van der Waals surface area contributed by atoms with Gasteiger partial charge in [0.15, 0.2) is 0 Å². The van der Waals surface area contributed by atoms with Crippen molar-refractivity contribution in [3.63, 3.8) is 0 Å². The van der Waals surface area contributed by atoms with Gasteiger partial charge >= 0.3 is 5.97 Å². The summed E-state index contributed by atoms with van der Waals surface area (Å²) in [5.74, 6) is 0.139. The Balaban J connectivity index is 1.87. The van der Waals surface area contributed by atoms with Crippen LogP contribution in [-0.2, 0) is 11.3 Å². The van der Waals surface area contributed by atoms with E-state index in [-0.39, 0.29) is 0 Å². The zero-order chi connectivity index (χ0) is 13.5. The van der Waals surface area contributed by atoms with Crippen LogP contribution in [0, 0.1) is 0 Å². The molecule has 2 aromatic heterocycles. The third-order valence-corrected chi connectivity index (χ3v) is 2.54. The normalized spacial score (nSPS) is 10.2. The topological polar surface area (TPSA) is 81.9 Å². The monoisotopic (exact) mass is 261 g/mol. The van der Waals surface area contributed by atoms with Gasteiger partial charge in [0.05, 0.1) is 13.3 Å². The molecule has 7 nitrogen and oxygen atoms in total. The number of ether oxygens (including phenoxy) is 1. The number of pyridine rings is 1. The number of esters is 1. The van der Waals surface area contributed by atoms with Crippen molar-refractivity contribution in [2.24, 2.45) is 0 Å². The Kier molecular flexibility index (Phi) is 4.44. The lowest BCUT2D eigenvalue weighted by Crippen LogP contribution is -2.12. The van der Waals surface area contributed by atoms with E-state index < -0.39 is 5.97 Å². The summed E-state index contributed by atoms with van der Waals surface area (Å²) in [6, 6.07) is 3.38. The van der Waals surface area contributed by atoms with Crippen LogP contribution in [0.5, 0.6) is 0 Å². The fraction of sp³-hybridized carbons (Fsp3) is 0.333. The minimum absolute atomic E-state index is 0.396. The number of hydrogen-bond donors (Lipinski definition) is 1. The van der Waals surface area contributed by atoms with E-state index in [2.05, 4.69) is 20.6 Å². The summed E-state index contributed by atoms with van der Waals surface area (Å²) in [5.41, 5.74) is 0.436. The van der Waals surface area contributed by atoms with Gasteiger partial charge in [-0.15, -0.1) is 5.10 Å². The van der Waals surface area contributed by atoms with Crippen molar-refractivity contribution in [1.29, 1.82) is 0 Å². The molecule has 0 atom stereocenters. The van der Waals surface area contributed by atoms with Gasteiger partial charge in [-0.25, -0.2) is 9.78 Å². The number of methoxy groups -OCH3 is 1. The summed E-state index contributed by atoms with van der Waals surface area (Å²) in [5, 5.41) is 10.7. The summed E-state index contributed by atoms with van der Waals surface area (Å²) in [6.45, 7) is 1.44. The van der Waals surface area contributed by atoms with Crippen molar-refractivity contribution in [3.05, 3.63) is 36.3 Å². The van der Waals surface area contributed by atoms with Crippen LogP contribution in [0.3, 0.4) is 0 Å². The number of nitrogens with one attached hydrogen (secondary N) is 1.